The smallest absolute Gasteiger partial charge is 0.0489 e. The molecule has 0 saturated carbocycles. The first-order valence-electron chi connectivity index (χ1n) is 5.27. The zero-order valence-electron chi connectivity index (χ0n) is 10.3. The van der Waals surface area contributed by atoms with Gasteiger partial charge in [0.05, 0.1) is 0 Å². The predicted molar refractivity (Wildman–Crippen MR) is 62.0 cm³/mol. The van der Waals surface area contributed by atoms with Crippen molar-refractivity contribution >= 4 is 0 Å². The number of hydrogen-bond acceptors (Lipinski definition) is 1. The topological polar surface area (TPSA) is 28.7 Å². The molecule has 0 aliphatic carbocycles. The summed E-state index contributed by atoms with van der Waals surface area (Å²) in [7, 11) is 0. The molecule has 2 nitrogen and oxygen atoms in total. The lowest BCUT2D eigenvalue weighted by Gasteiger charge is -1.68. The van der Waals surface area contributed by atoms with E-state index in [9.17, 15) is 0 Å². The lowest BCUT2D eigenvalue weighted by Crippen LogP contribution is -1.65. The van der Waals surface area contributed by atoms with Crippen LogP contribution in [0.15, 0.2) is 12.3 Å². The molecule has 0 spiro atoms. The van der Waals surface area contributed by atoms with E-state index in [4.69, 9.17) is 0 Å². The first-order valence-corrected chi connectivity index (χ1v) is 5.27. The molecular weight excluding hydrogens is 160 g/mol. The highest BCUT2D eigenvalue weighted by molar-refractivity contribution is 4.91. The van der Waals surface area contributed by atoms with E-state index >= 15 is 0 Å². The summed E-state index contributed by atoms with van der Waals surface area (Å²) in [6, 6.07) is 1.92. The van der Waals surface area contributed by atoms with Gasteiger partial charge in [-0.3, -0.25) is 5.10 Å². The second-order valence-electron chi connectivity index (χ2n) is 1.95. The van der Waals surface area contributed by atoms with Gasteiger partial charge in [0.2, 0.25) is 0 Å². The van der Waals surface area contributed by atoms with Gasteiger partial charge in [-0.2, -0.15) is 5.10 Å². The van der Waals surface area contributed by atoms with Gasteiger partial charge < -0.3 is 0 Å². The fourth-order valence-electron chi connectivity index (χ4n) is 0.325. The molecule has 0 aliphatic rings. The fraction of sp³-hybridized carbons (Fsp3) is 0.727. The minimum Gasteiger partial charge on any atom is -0.283 e. The number of aromatic amines is 1. The van der Waals surface area contributed by atoms with E-state index in [1.165, 1.54) is 6.42 Å². The van der Waals surface area contributed by atoms with Gasteiger partial charge in [-0.1, -0.05) is 48.0 Å². The van der Waals surface area contributed by atoms with Gasteiger partial charge in [-0.05, 0) is 13.0 Å². The standard InChI is InChI=1S/C4H6N2.C3H8.2C2H6/c1-4-2-3-5-6-4;1-3-2;2*1-2/h2-3H,1H3,(H,5,6);3H2,1-2H3;2*1-2H3. The first-order chi connectivity index (χ1) is 6.31. The average Bonchev–Trinajstić information content (AvgIpc) is 2.64. The largest absolute Gasteiger partial charge is 0.283 e. The minimum atomic E-state index is 1.11. The number of H-pyrrole nitrogens is 1. The van der Waals surface area contributed by atoms with Gasteiger partial charge in [0, 0.05) is 11.9 Å². The lowest BCUT2D eigenvalue weighted by atomic mass is 10.5. The predicted octanol–water partition coefficient (Wildman–Crippen LogP) is 4.19. The number of rotatable bonds is 0. The van der Waals surface area contributed by atoms with E-state index in [1.54, 1.807) is 6.20 Å². The Hall–Kier alpha value is -0.790. The van der Waals surface area contributed by atoms with E-state index in [1.807, 2.05) is 40.7 Å². The van der Waals surface area contributed by atoms with E-state index in [-0.39, 0.29) is 0 Å². The Morgan fingerprint density at radius 3 is 1.62 bits per heavy atom. The summed E-state index contributed by atoms with van der Waals surface area (Å²) in [5, 5.41) is 6.45. The number of aromatic nitrogens is 2. The van der Waals surface area contributed by atoms with Crippen LogP contribution in [-0.2, 0) is 0 Å². The summed E-state index contributed by atoms with van der Waals surface area (Å²) in [6.07, 6.45) is 2.98. The molecular formula is C11H26N2. The Morgan fingerprint density at radius 2 is 1.54 bits per heavy atom. The molecule has 0 unspecified atom stereocenters. The molecule has 2 heteroatoms. The average molecular weight is 186 g/mol. The third kappa shape index (κ3) is 24.7. The van der Waals surface area contributed by atoms with Crippen LogP contribution in [0.4, 0.5) is 0 Å². The van der Waals surface area contributed by atoms with Crippen molar-refractivity contribution in [3.63, 3.8) is 0 Å². The molecule has 0 radical (unpaired) electrons. The quantitative estimate of drug-likeness (QED) is 0.646. The van der Waals surface area contributed by atoms with Gasteiger partial charge in [0.15, 0.2) is 0 Å². The van der Waals surface area contributed by atoms with Gasteiger partial charge in [-0.15, -0.1) is 0 Å². The molecule has 0 aromatic carbocycles. The summed E-state index contributed by atoms with van der Waals surface area (Å²) in [5.74, 6) is 0. The Kier molecular flexibility index (Phi) is 31.3. The van der Waals surface area contributed by atoms with Crippen molar-refractivity contribution in [3.8, 4) is 0 Å². The molecule has 1 heterocycles. The van der Waals surface area contributed by atoms with Crippen LogP contribution in [0.3, 0.4) is 0 Å². The molecule has 1 N–H and O–H groups in total. The van der Waals surface area contributed by atoms with Gasteiger partial charge in [0.25, 0.3) is 0 Å². The van der Waals surface area contributed by atoms with Crippen LogP contribution in [0.25, 0.3) is 0 Å². The highest BCUT2D eigenvalue weighted by atomic mass is 15.1. The molecule has 80 valence electrons. The van der Waals surface area contributed by atoms with Crippen LogP contribution in [0.5, 0.6) is 0 Å². The van der Waals surface area contributed by atoms with Gasteiger partial charge >= 0.3 is 0 Å². The van der Waals surface area contributed by atoms with E-state index in [0.29, 0.717) is 0 Å². The Labute approximate surface area is 83.8 Å². The summed E-state index contributed by atoms with van der Waals surface area (Å²) in [4.78, 5) is 0. The molecule has 0 saturated heterocycles. The lowest BCUT2D eigenvalue weighted by molar-refractivity contribution is 1.05. The number of nitrogens with one attached hydrogen (secondary N) is 1. The molecule has 0 fully saturated rings. The van der Waals surface area contributed by atoms with Crippen molar-refractivity contribution in [1.82, 2.24) is 10.2 Å². The summed E-state index contributed by atoms with van der Waals surface area (Å²) in [6.45, 7) is 14.2. The molecule has 1 aromatic rings. The highest BCUT2D eigenvalue weighted by Crippen LogP contribution is 1.82. The Morgan fingerprint density at radius 1 is 1.15 bits per heavy atom. The first kappa shape index (κ1) is 18.1. The van der Waals surface area contributed by atoms with Crippen LogP contribution in [-0.4, -0.2) is 10.2 Å². The van der Waals surface area contributed by atoms with Crippen molar-refractivity contribution < 1.29 is 0 Å². The summed E-state index contributed by atoms with van der Waals surface area (Å²) in [5.41, 5.74) is 1.11. The molecule has 0 amide bonds. The van der Waals surface area contributed by atoms with Crippen LogP contribution in [0, 0.1) is 6.92 Å². The fourth-order valence-corrected chi connectivity index (χ4v) is 0.325. The van der Waals surface area contributed by atoms with Crippen LogP contribution < -0.4 is 0 Å². The maximum absolute atomic E-state index is 3.70. The monoisotopic (exact) mass is 186 g/mol. The number of aryl methyl sites for hydroxylation is 1. The van der Waals surface area contributed by atoms with Crippen molar-refractivity contribution in [1.29, 1.82) is 0 Å². The maximum Gasteiger partial charge on any atom is 0.0489 e. The number of hydrogen-bond donors (Lipinski definition) is 1. The van der Waals surface area contributed by atoms with E-state index in [2.05, 4.69) is 24.0 Å². The molecule has 1 aromatic heterocycles. The summed E-state index contributed by atoms with van der Waals surface area (Å²) < 4.78 is 0. The third-order valence-electron chi connectivity index (χ3n) is 0.640. The maximum atomic E-state index is 3.70. The highest BCUT2D eigenvalue weighted by Gasteiger charge is 1.73. The summed E-state index contributed by atoms with van der Waals surface area (Å²) >= 11 is 0. The van der Waals surface area contributed by atoms with Gasteiger partial charge in [0.1, 0.15) is 0 Å². The van der Waals surface area contributed by atoms with Crippen molar-refractivity contribution in [2.45, 2.75) is 54.9 Å². The zero-order valence-corrected chi connectivity index (χ0v) is 10.3. The van der Waals surface area contributed by atoms with E-state index in [0.717, 1.165) is 5.69 Å². The van der Waals surface area contributed by atoms with E-state index < -0.39 is 0 Å². The molecule has 0 aliphatic heterocycles. The third-order valence-corrected chi connectivity index (χ3v) is 0.640. The van der Waals surface area contributed by atoms with Gasteiger partial charge in [-0.25, -0.2) is 0 Å². The molecule has 13 heavy (non-hydrogen) atoms. The second-order valence-corrected chi connectivity index (χ2v) is 1.95. The van der Waals surface area contributed by atoms with Crippen LogP contribution in [0.2, 0.25) is 0 Å². The molecule has 1 rings (SSSR count). The Bertz CT molecular complexity index is 123. The van der Waals surface area contributed by atoms with Crippen molar-refractivity contribution in [3.05, 3.63) is 18.0 Å². The van der Waals surface area contributed by atoms with Crippen molar-refractivity contribution in [2.24, 2.45) is 0 Å². The van der Waals surface area contributed by atoms with Crippen LogP contribution in [0.1, 0.15) is 53.7 Å². The second kappa shape index (κ2) is 22.5. The van der Waals surface area contributed by atoms with Crippen LogP contribution >= 0.6 is 0 Å². The molecule has 0 bridgehead atoms. The molecule has 0 atom stereocenters. The SMILES string of the molecule is CC.CC.CCC.Cc1ccn[nH]1. The normalized spacial score (nSPS) is 6.38. The minimum absolute atomic E-state index is 1.11. The number of nitrogens with zero attached hydrogens (tertiary/aromatic N) is 1. The van der Waals surface area contributed by atoms with Crippen molar-refractivity contribution in [2.75, 3.05) is 0 Å². The zero-order chi connectivity index (χ0) is 11.1. The Balaban J connectivity index is -0.000000124.